The van der Waals surface area contributed by atoms with Gasteiger partial charge < -0.3 is 4.90 Å². The van der Waals surface area contributed by atoms with Crippen molar-refractivity contribution in [3.8, 4) is 0 Å². The van der Waals surface area contributed by atoms with Gasteiger partial charge in [0.15, 0.2) is 0 Å². The van der Waals surface area contributed by atoms with E-state index in [0.717, 1.165) is 41.9 Å². The molecule has 0 spiro atoms. The molecule has 0 bridgehead atoms. The molecule has 1 atom stereocenters. The molecule has 3 nitrogen and oxygen atoms in total. The monoisotopic (exact) mass is 370 g/mol. The van der Waals surface area contributed by atoms with Crippen molar-refractivity contribution in [1.29, 1.82) is 0 Å². The Bertz CT molecular complexity index is 973. The van der Waals surface area contributed by atoms with E-state index in [2.05, 4.69) is 60.9 Å². The number of carbonyl (C=O) groups excluding carboxylic acids is 1. The molecule has 0 aromatic heterocycles. The molecule has 1 amide bonds. The number of hydrogen-bond acceptors (Lipinski definition) is 2. The first-order valence-corrected chi connectivity index (χ1v) is 9.77. The van der Waals surface area contributed by atoms with Crippen molar-refractivity contribution in [2.24, 2.45) is 0 Å². The van der Waals surface area contributed by atoms with Gasteiger partial charge in [0.1, 0.15) is 5.66 Å². The summed E-state index contributed by atoms with van der Waals surface area (Å²) in [5.41, 5.74) is 4.93. The summed E-state index contributed by atoms with van der Waals surface area (Å²) in [4.78, 5) is 17.7. The van der Waals surface area contributed by atoms with Gasteiger partial charge in [0, 0.05) is 30.8 Å². The number of allylic oxidation sites excluding steroid dienone is 4. The van der Waals surface area contributed by atoms with Gasteiger partial charge in [-0.15, -0.1) is 0 Å². The first kappa shape index (κ1) is 18.5. The third-order valence-electron chi connectivity index (χ3n) is 5.79. The number of amides is 1. The van der Waals surface area contributed by atoms with Crippen molar-refractivity contribution in [3.63, 3.8) is 0 Å². The molecule has 0 aliphatic carbocycles. The van der Waals surface area contributed by atoms with Crippen molar-refractivity contribution < 1.29 is 4.79 Å². The van der Waals surface area contributed by atoms with Gasteiger partial charge in [0.25, 0.3) is 5.91 Å². The van der Waals surface area contributed by atoms with E-state index >= 15 is 0 Å². The summed E-state index contributed by atoms with van der Waals surface area (Å²) in [6.45, 7) is 10.4. The first-order chi connectivity index (χ1) is 13.6. The van der Waals surface area contributed by atoms with Gasteiger partial charge in [-0.25, -0.2) is 0 Å². The van der Waals surface area contributed by atoms with E-state index in [1.54, 1.807) is 0 Å². The maximum atomic E-state index is 13.2. The van der Waals surface area contributed by atoms with Gasteiger partial charge in [-0.1, -0.05) is 84.5 Å². The van der Waals surface area contributed by atoms with E-state index in [1.165, 1.54) is 5.57 Å². The molecule has 0 radical (unpaired) electrons. The summed E-state index contributed by atoms with van der Waals surface area (Å²) in [6, 6.07) is 18.5. The second-order valence-electron chi connectivity index (χ2n) is 7.59. The normalized spacial score (nSPS) is 22.4. The molecule has 2 aliphatic heterocycles. The van der Waals surface area contributed by atoms with Crippen molar-refractivity contribution in [3.05, 3.63) is 107 Å². The van der Waals surface area contributed by atoms with Crippen LogP contribution in [0, 0.1) is 0 Å². The van der Waals surface area contributed by atoms with Gasteiger partial charge in [0.05, 0.1) is 0 Å². The summed E-state index contributed by atoms with van der Waals surface area (Å²) in [5.74, 6) is 0.131. The SMILES string of the molecule is C=C/C(C)=C\C=C(/C)CN1CCN2C(=O)c3ccccc3C12c1ccccc1. The Labute approximate surface area is 167 Å². The van der Waals surface area contributed by atoms with E-state index in [-0.39, 0.29) is 5.91 Å². The van der Waals surface area contributed by atoms with Crippen LogP contribution < -0.4 is 0 Å². The second-order valence-corrected chi connectivity index (χ2v) is 7.59. The lowest BCUT2D eigenvalue weighted by Crippen LogP contribution is -2.49. The highest BCUT2D eigenvalue weighted by Gasteiger charge is 2.57. The summed E-state index contributed by atoms with van der Waals surface area (Å²) in [6.07, 6.45) is 6.11. The topological polar surface area (TPSA) is 23.6 Å². The standard InChI is InChI=1S/C25H26N2O/c1-4-19(2)14-15-20(3)18-26-16-17-27-24(28)22-12-8-9-13-23(22)25(26,27)21-10-6-5-7-11-21/h4-15H,1,16-18H2,2-3H3/b19-14-,20-15+. The Hall–Kier alpha value is -2.91. The second kappa shape index (κ2) is 7.25. The van der Waals surface area contributed by atoms with Crippen LogP contribution in [-0.4, -0.2) is 35.3 Å². The van der Waals surface area contributed by atoms with E-state index in [9.17, 15) is 4.79 Å². The molecule has 2 aromatic carbocycles. The van der Waals surface area contributed by atoms with Crippen LogP contribution >= 0.6 is 0 Å². The van der Waals surface area contributed by atoms with Crippen LogP contribution in [0.25, 0.3) is 0 Å². The largest absolute Gasteiger partial charge is 0.311 e. The van der Waals surface area contributed by atoms with E-state index < -0.39 is 5.66 Å². The molecular weight excluding hydrogens is 344 g/mol. The average molecular weight is 370 g/mol. The zero-order valence-corrected chi connectivity index (χ0v) is 16.6. The molecule has 1 fully saturated rings. The van der Waals surface area contributed by atoms with E-state index in [4.69, 9.17) is 0 Å². The predicted molar refractivity (Wildman–Crippen MR) is 114 cm³/mol. The van der Waals surface area contributed by atoms with Crippen molar-refractivity contribution in [2.75, 3.05) is 19.6 Å². The zero-order valence-electron chi connectivity index (χ0n) is 16.6. The molecule has 0 saturated carbocycles. The minimum atomic E-state index is -0.527. The average Bonchev–Trinajstić information content (AvgIpc) is 3.22. The maximum absolute atomic E-state index is 13.2. The molecule has 3 heteroatoms. The molecule has 4 rings (SSSR count). The highest BCUT2D eigenvalue weighted by atomic mass is 16.2. The molecule has 28 heavy (non-hydrogen) atoms. The molecule has 2 aliphatic rings. The number of carbonyl (C=O) groups is 1. The fourth-order valence-corrected chi connectivity index (χ4v) is 4.45. The molecule has 2 heterocycles. The molecule has 1 unspecified atom stereocenters. The van der Waals surface area contributed by atoms with Crippen LogP contribution in [0.15, 0.2) is 90.6 Å². The molecule has 2 aromatic rings. The fraction of sp³-hybridized carbons (Fsp3) is 0.240. The van der Waals surface area contributed by atoms with Crippen LogP contribution in [0.5, 0.6) is 0 Å². The number of nitrogens with zero attached hydrogens (tertiary/aromatic N) is 2. The summed E-state index contributed by atoms with van der Waals surface area (Å²) in [5, 5.41) is 0. The number of rotatable bonds is 5. The van der Waals surface area contributed by atoms with Crippen molar-refractivity contribution in [2.45, 2.75) is 19.5 Å². The molecule has 1 saturated heterocycles. The van der Waals surface area contributed by atoms with Gasteiger partial charge in [0.2, 0.25) is 0 Å². The lowest BCUT2D eigenvalue weighted by atomic mass is 9.89. The minimum Gasteiger partial charge on any atom is -0.311 e. The van der Waals surface area contributed by atoms with Gasteiger partial charge in [-0.05, 0) is 25.5 Å². The van der Waals surface area contributed by atoms with Crippen LogP contribution in [0.2, 0.25) is 0 Å². The molecule has 0 N–H and O–H groups in total. The molecule has 142 valence electrons. The number of fused-ring (bicyclic) bond motifs is 3. The minimum absolute atomic E-state index is 0.131. The smallest absolute Gasteiger partial charge is 0.256 e. The summed E-state index contributed by atoms with van der Waals surface area (Å²) in [7, 11) is 0. The Morgan fingerprint density at radius 2 is 1.75 bits per heavy atom. The summed E-state index contributed by atoms with van der Waals surface area (Å²) < 4.78 is 0. The molecular formula is C25H26N2O. The van der Waals surface area contributed by atoms with Crippen LogP contribution in [0.3, 0.4) is 0 Å². The van der Waals surface area contributed by atoms with E-state index in [1.807, 2.05) is 42.2 Å². The van der Waals surface area contributed by atoms with E-state index in [0.29, 0.717) is 0 Å². The zero-order chi connectivity index (χ0) is 19.7. The van der Waals surface area contributed by atoms with Crippen molar-refractivity contribution >= 4 is 5.91 Å². The third kappa shape index (κ3) is 2.74. The number of benzene rings is 2. The van der Waals surface area contributed by atoms with Crippen LogP contribution in [-0.2, 0) is 5.66 Å². The lowest BCUT2D eigenvalue weighted by molar-refractivity contribution is 0.0483. The lowest BCUT2D eigenvalue weighted by Gasteiger charge is -2.40. The van der Waals surface area contributed by atoms with Crippen LogP contribution in [0.4, 0.5) is 0 Å². The quantitative estimate of drug-likeness (QED) is 0.710. The van der Waals surface area contributed by atoms with Gasteiger partial charge >= 0.3 is 0 Å². The van der Waals surface area contributed by atoms with Crippen LogP contribution in [0.1, 0.15) is 35.3 Å². The number of hydrogen-bond donors (Lipinski definition) is 0. The van der Waals surface area contributed by atoms with Gasteiger partial charge in [-0.3, -0.25) is 9.69 Å². The maximum Gasteiger partial charge on any atom is 0.256 e. The van der Waals surface area contributed by atoms with Crippen molar-refractivity contribution in [1.82, 2.24) is 9.80 Å². The summed E-state index contributed by atoms with van der Waals surface area (Å²) >= 11 is 0. The highest BCUT2D eigenvalue weighted by Crippen LogP contribution is 2.49. The Kier molecular flexibility index (Phi) is 4.78. The Morgan fingerprint density at radius 3 is 2.50 bits per heavy atom. The highest BCUT2D eigenvalue weighted by molar-refractivity contribution is 6.01. The predicted octanol–water partition coefficient (Wildman–Crippen LogP) is 4.74. The first-order valence-electron chi connectivity index (χ1n) is 9.77. The Balaban J connectivity index is 1.83. The van der Waals surface area contributed by atoms with Gasteiger partial charge in [-0.2, -0.15) is 0 Å². The third-order valence-corrected chi connectivity index (χ3v) is 5.79. The Morgan fingerprint density at radius 1 is 1.04 bits per heavy atom. The fourth-order valence-electron chi connectivity index (χ4n) is 4.45.